The molecule has 28 heavy (non-hydrogen) atoms. The number of carbonyl (C=O) groups excluding carboxylic acids is 2. The quantitative estimate of drug-likeness (QED) is 0.568. The van der Waals surface area contributed by atoms with Crippen LogP contribution in [-0.4, -0.2) is 81.3 Å². The van der Waals surface area contributed by atoms with Crippen LogP contribution in [0.2, 0.25) is 0 Å². The minimum absolute atomic E-state index is 0.0151. The average Bonchev–Trinajstić information content (AvgIpc) is 2.97. The van der Waals surface area contributed by atoms with E-state index in [9.17, 15) is 9.59 Å². The van der Waals surface area contributed by atoms with Crippen molar-refractivity contribution in [3.05, 3.63) is 29.8 Å². The summed E-state index contributed by atoms with van der Waals surface area (Å²) in [5.41, 5.74) is 1.27. The van der Waals surface area contributed by atoms with Crippen LogP contribution in [0.15, 0.2) is 24.3 Å². The van der Waals surface area contributed by atoms with Crippen LogP contribution in [-0.2, 0) is 25.5 Å². The summed E-state index contributed by atoms with van der Waals surface area (Å²) in [5.74, 6) is 0.602. The number of aryl methyl sites for hydroxylation is 1. The van der Waals surface area contributed by atoms with E-state index < -0.39 is 0 Å². The summed E-state index contributed by atoms with van der Waals surface area (Å²) >= 11 is 0. The molecule has 7 heteroatoms. The summed E-state index contributed by atoms with van der Waals surface area (Å²) in [5, 5.41) is 0. The van der Waals surface area contributed by atoms with Gasteiger partial charge in [0, 0.05) is 33.3 Å². The maximum Gasteiger partial charge on any atom is 0.260 e. The van der Waals surface area contributed by atoms with Crippen molar-refractivity contribution in [3.63, 3.8) is 0 Å². The largest absolute Gasteiger partial charge is 0.484 e. The highest BCUT2D eigenvalue weighted by atomic mass is 16.5. The molecule has 1 saturated heterocycles. The highest BCUT2D eigenvalue weighted by molar-refractivity contribution is 5.79. The standard InChI is InChI=1S/C21H32N2O5/c1-3-5-18-6-8-19(9-7-18)28-17-21(25)23-11-4-10-22(12-13-23)20(24)16-27-15-14-26-2/h6-9H,3-5,10-17H2,1-2H3. The molecular formula is C21H32N2O5. The van der Waals surface area contributed by atoms with Gasteiger partial charge in [0.05, 0.1) is 13.2 Å². The number of nitrogens with zero attached hydrogens (tertiary/aromatic N) is 2. The second-order valence-corrected chi connectivity index (χ2v) is 6.84. The van der Waals surface area contributed by atoms with Crippen molar-refractivity contribution < 1.29 is 23.8 Å². The normalized spacial score (nSPS) is 14.6. The topological polar surface area (TPSA) is 68.3 Å². The fourth-order valence-electron chi connectivity index (χ4n) is 3.09. The molecule has 1 fully saturated rings. The van der Waals surface area contributed by atoms with E-state index in [2.05, 4.69) is 6.92 Å². The van der Waals surface area contributed by atoms with Crippen molar-refractivity contribution in [1.29, 1.82) is 0 Å². The average molecular weight is 392 g/mol. The van der Waals surface area contributed by atoms with E-state index in [0.717, 1.165) is 19.3 Å². The molecule has 0 aliphatic carbocycles. The Balaban J connectivity index is 1.73. The molecule has 1 aliphatic heterocycles. The van der Waals surface area contributed by atoms with Crippen LogP contribution in [0.25, 0.3) is 0 Å². The molecule has 2 amide bonds. The van der Waals surface area contributed by atoms with Crippen molar-refractivity contribution in [3.8, 4) is 5.75 Å². The molecule has 156 valence electrons. The van der Waals surface area contributed by atoms with Gasteiger partial charge in [-0.25, -0.2) is 0 Å². The summed E-state index contributed by atoms with van der Waals surface area (Å²) in [7, 11) is 1.59. The van der Waals surface area contributed by atoms with E-state index in [1.54, 1.807) is 16.9 Å². The Hall–Kier alpha value is -2.12. The van der Waals surface area contributed by atoms with Gasteiger partial charge in [-0.15, -0.1) is 0 Å². The van der Waals surface area contributed by atoms with Gasteiger partial charge in [0.1, 0.15) is 12.4 Å². The van der Waals surface area contributed by atoms with Gasteiger partial charge >= 0.3 is 0 Å². The highest BCUT2D eigenvalue weighted by Crippen LogP contribution is 2.14. The van der Waals surface area contributed by atoms with Gasteiger partial charge in [-0.1, -0.05) is 25.5 Å². The van der Waals surface area contributed by atoms with Crippen molar-refractivity contribution in [1.82, 2.24) is 9.80 Å². The SMILES string of the molecule is CCCc1ccc(OCC(=O)N2CCCN(C(=O)COCCOC)CC2)cc1. The number of ether oxygens (including phenoxy) is 3. The Kier molecular flexibility index (Phi) is 9.79. The van der Waals surface area contributed by atoms with E-state index in [1.807, 2.05) is 24.3 Å². The summed E-state index contributed by atoms with van der Waals surface area (Å²) in [4.78, 5) is 28.2. The van der Waals surface area contributed by atoms with Crippen LogP contribution in [0.4, 0.5) is 0 Å². The highest BCUT2D eigenvalue weighted by Gasteiger charge is 2.22. The fourth-order valence-corrected chi connectivity index (χ4v) is 3.09. The number of benzene rings is 1. The molecule has 0 radical (unpaired) electrons. The van der Waals surface area contributed by atoms with Gasteiger partial charge in [0.15, 0.2) is 6.61 Å². The van der Waals surface area contributed by atoms with Crippen molar-refractivity contribution in [2.45, 2.75) is 26.2 Å². The smallest absolute Gasteiger partial charge is 0.260 e. The summed E-state index contributed by atoms with van der Waals surface area (Å²) in [6.07, 6.45) is 2.90. The third-order valence-corrected chi connectivity index (χ3v) is 4.68. The minimum atomic E-state index is -0.0525. The monoisotopic (exact) mass is 392 g/mol. The zero-order valence-corrected chi connectivity index (χ0v) is 17.0. The van der Waals surface area contributed by atoms with Crippen molar-refractivity contribution in [2.75, 3.05) is 59.7 Å². The lowest BCUT2D eigenvalue weighted by Crippen LogP contribution is -2.40. The molecule has 0 aromatic heterocycles. The molecule has 2 rings (SSSR count). The lowest BCUT2D eigenvalue weighted by molar-refractivity contribution is -0.137. The number of hydrogen-bond acceptors (Lipinski definition) is 5. The summed E-state index contributed by atoms with van der Waals surface area (Å²) in [6, 6.07) is 7.89. The van der Waals surface area contributed by atoms with Crippen molar-refractivity contribution in [2.24, 2.45) is 0 Å². The zero-order chi connectivity index (χ0) is 20.2. The Labute approximate surface area is 167 Å². The van der Waals surface area contributed by atoms with E-state index in [4.69, 9.17) is 14.2 Å². The number of amides is 2. The van der Waals surface area contributed by atoms with Gasteiger partial charge < -0.3 is 24.0 Å². The van der Waals surface area contributed by atoms with Crippen LogP contribution >= 0.6 is 0 Å². The first-order valence-electron chi connectivity index (χ1n) is 9.98. The van der Waals surface area contributed by atoms with Gasteiger partial charge in [-0.2, -0.15) is 0 Å². The van der Waals surface area contributed by atoms with Crippen LogP contribution < -0.4 is 4.74 Å². The molecule has 0 saturated carbocycles. The van der Waals surface area contributed by atoms with Gasteiger partial charge in [-0.05, 0) is 30.5 Å². The fraction of sp³-hybridized carbons (Fsp3) is 0.619. The first-order chi connectivity index (χ1) is 13.6. The molecule has 1 heterocycles. The third kappa shape index (κ3) is 7.48. The number of carbonyl (C=O) groups is 2. The molecule has 0 atom stereocenters. The van der Waals surface area contributed by atoms with Crippen LogP contribution in [0, 0.1) is 0 Å². The summed E-state index contributed by atoms with van der Waals surface area (Å²) in [6.45, 7) is 5.38. The lowest BCUT2D eigenvalue weighted by Gasteiger charge is -2.22. The predicted octanol–water partition coefficient (Wildman–Crippen LogP) is 1.74. The van der Waals surface area contributed by atoms with E-state index >= 15 is 0 Å². The Morgan fingerprint density at radius 2 is 1.57 bits per heavy atom. The number of rotatable bonds is 10. The van der Waals surface area contributed by atoms with Crippen molar-refractivity contribution >= 4 is 11.8 Å². The molecule has 0 spiro atoms. The molecule has 1 aromatic rings. The minimum Gasteiger partial charge on any atom is -0.484 e. The van der Waals surface area contributed by atoms with Gasteiger partial charge in [0.2, 0.25) is 5.91 Å². The van der Waals surface area contributed by atoms with Gasteiger partial charge in [0.25, 0.3) is 5.91 Å². The Morgan fingerprint density at radius 1 is 0.929 bits per heavy atom. The summed E-state index contributed by atoms with van der Waals surface area (Å²) < 4.78 is 15.8. The molecule has 0 unspecified atom stereocenters. The lowest BCUT2D eigenvalue weighted by atomic mass is 10.1. The maximum atomic E-state index is 12.5. The zero-order valence-electron chi connectivity index (χ0n) is 17.0. The maximum absolute atomic E-state index is 12.5. The third-order valence-electron chi connectivity index (χ3n) is 4.68. The first kappa shape index (κ1) is 22.2. The molecule has 1 aliphatic rings. The first-order valence-corrected chi connectivity index (χ1v) is 9.98. The Bertz CT molecular complexity index is 605. The molecule has 1 aromatic carbocycles. The Morgan fingerprint density at radius 3 is 2.18 bits per heavy atom. The predicted molar refractivity (Wildman–Crippen MR) is 106 cm³/mol. The molecule has 0 N–H and O–H groups in total. The second kappa shape index (κ2) is 12.4. The number of methoxy groups -OCH3 is 1. The van der Waals surface area contributed by atoms with Crippen LogP contribution in [0.1, 0.15) is 25.3 Å². The molecule has 0 bridgehead atoms. The van der Waals surface area contributed by atoms with Crippen LogP contribution in [0.3, 0.4) is 0 Å². The number of hydrogen-bond donors (Lipinski definition) is 0. The van der Waals surface area contributed by atoms with E-state index in [-0.39, 0.29) is 25.0 Å². The molecule has 7 nitrogen and oxygen atoms in total. The van der Waals surface area contributed by atoms with E-state index in [1.165, 1.54) is 5.56 Å². The van der Waals surface area contributed by atoms with Crippen LogP contribution in [0.5, 0.6) is 5.75 Å². The molecular weight excluding hydrogens is 360 g/mol. The second-order valence-electron chi connectivity index (χ2n) is 6.84. The van der Waals surface area contributed by atoms with Gasteiger partial charge in [-0.3, -0.25) is 9.59 Å². The van der Waals surface area contributed by atoms with E-state index in [0.29, 0.717) is 45.1 Å².